The number of carbonyl (C=O) groups is 1. The SMILES string of the molecule is CC[Si](CC)(CC)CCC(=O)O[SH](=O)=O.[LiH]. The Labute approximate surface area is 112 Å². The number of rotatable bonds is 7. The van der Waals surface area contributed by atoms with Gasteiger partial charge in [0, 0.05) is 6.42 Å². The zero-order valence-electron chi connectivity index (χ0n) is 9.62. The Kier molecular flexibility index (Phi) is 10.8. The molecule has 0 bridgehead atoms. The summed E-state index contributed by atoms with van der Waals surface area (Å²) in [4.78, 5) is 11.1. The normalized spacial score (nSPS) is 11.0. The molecule has 0 aliphatic heterocycles. The number of hydrogen-bond acceptors (Lipinski definition) is 4. The van der Waals surface area contributed by atoms with Crippen molar-refractivity contribution >= 4 is 43.9 Å². The first kappa shape index (κ1) is 18.6. The van der Waals surface area contributed by atoms with E-state index in [1.54, 1.807) is 0 Å². The molecule has 0 unspecified atom stereocenters. The van der Waals surface area contributed by atoms with Crippen LogP contribution >= 0.6 is 0 Å². The van der Waals surface area contributed by atoms with Crippen molar-refractivity contribution < 1.29 is 17.4 Å². The second-order valence-corrected chi connectivity index (χ2v) is 10.00. The zero-order chi connectivity index (χ0) is 11.9. The van der Waals surface area contributed by atoms with Crippen LogP contribution in [0, 0.1) is 0 Å². The third-order valence-corrected chi connectivity index (χ3v) is 9.45. The number of hydrogen-bond donors (Lipinski definition) is 1. The van der Waals surface area contributed by atoms with Crippen LogP contribution in [0.4, 0.5) is 0 Å². The summed E-state index contributed by atoms with van der Waals surface area (Å²) in [6.07, 6.45) is 0.241. The molecule has 0 fully saturated rings. The van der Waals surface area contributed by atoms with E-state index in [0.717, 1.165) is 24.2 Å². The van der Waals surface area contributed by atoms with Gasteiger partial charge in [-0.3, -0.25) is 4.79 Å². The molecule has 4 nitrogen and oxygen atoms in total. The van der Waals surface area contributed by atoms with E-state index in [-0.39, 0.29) is 25.3 Å². The molecule has 16 heavy (non-hydrogen) atoms. The van der Waals surface area contributed by atoms with Gasteiger partial charge in [-0.2, -0.15) is 8.42 Å². The van der Waals surface area contributed by atoms with Gasteiger partial charge in [-0.1, -0.05) is 38.9 Å². The first-order valence-electron chi connectivity index (χ1n) is 5.35. The van der Waals surface area contributed by atoms with Crippen molar-refractivity contribution in [2.24, 2.45) is 0 Å². The molecule has 0 heterocycles. The van der Waals surface area contributed by atoms with Crippen molar-refractivity contribution in [1.82, 2.24) is 0 Å². The van der Waals surface area contributed by atoms with Crippen LogP contribution < -0.4 is 0 Å². The summed E-state index contributed by atoms with van der Waals surface area (Å²) in [5.74, 6) is -0.613. The molecule has 0 aromatic carbocycles. The Morgan fingerprint density at radius 2 is 1.56 bits per heavy atom. The van der Waals surface area contributed by atoms with Gasteiger partial charge in [0.2, 0.25) is 0 Å². The molecule has 0 rings (SSSR count). The quantitative estimate of drug-likeness (QED) is 0.554. The molecule has 7 heteroatoms. The van der Waals surface area contributed by atoms with Crippen LogP contribution in [0.2, 0.25) is 24.2 Å². The van der Waals surface area contributed by atoms with E-state index in [4.69, 9.17) is 0 Å². The Morgan fingerprint density at radius 1 is 1.12 bits per heavy atom. The van der Waals surface area contributed by atoms with Gasteiger partial charge in [-0.05, 0) is 6.04 Å². The summed E-state index contributed by atoms with van der Waals surface area (Å²) in [7, 11) is -4.36. The molecule has 0 saturated heterocycles. The molecule has 0 atom stereocenters. The molecule has 92 valence electrons. The summed E-state index contributed by atoms with van der Waals surface area (Å²) >= 11 is 0. The fourth-order valence-electron chi connectivity index (χ4n) is 1.78. The summed E-state index contributed by atoms with van der Waals surface area (Å²) in [6.45, 7) is 6.45. The average Bonchev–Trinajstić information content (AvgIpc) is 2.20. The van der Waals surface area contributed by atoms with E-state index in [9.17, 15) is 13.2 Å². The predicted octanol–water partition coefficient (Wildman–Crippen LogP) is 1.31. The van der Waals surface area contributed by atoms with Crippen molar-refractivity contribution in [3.63, 3.8) is 0 Å². The van der Waals surface area contributed by atoms with Crippen molar-refractivity contribution in [3.05, 3.63) is 0 Å². The number of thiol groups is 1. The second-order valence-electron chi connectivity index (χ2n) is 3.75. The molecule has 0 N–H and O–H groups in total. The fourth-order valence-corrected chi connectivity index (χ4v) is 5.33. The predicted molar refractivity (Wildman–Crippen MR) is 70.2 cm³/mol. The van der Waals surface area contributed by atoms with Gasteiger partial charge in [0.05, 0.1) is 8.07 Å². The third kappa shape index (κ3) is 6.74. The summed E-state index contributed by atoms with van der Waals surface area (Å²) in [6, 6.07) is 4.24. The molecule has 0 aliphatic carbocycles. The topological polar surface area (TPSA) is 60.4 Å². The van der Waals surface area contributed by atoms with Gasteiger partial charge in [-0.25, -0.2) is 0 Å². The first-order chi connectivity index (χ1) is 6.99. The summed E-state index contributed by atoms with van der Waals surface area (Å²) in [5.41, 5.74) is 0. The summed E-state index contributed by atoms with van der Waals surface area (Å²) < 4.78 is 24.4. The van der Waals surface area contributed by atoms with E-state index >= 15 is 0 Å². The van der Waals surface area contributed by atoms with E-state index in [0.29, 0.717) is 0 Å². The average molecular weight is 260 g/mol. The van der Waals surface area contributed by atoms with E-state index < -0.39 is 25.0 Å². The van der Waals surface area contributed by atoms with Crippen LogP contribution in [0.25, 0.3) is 0 Å². The Bertz CT molecular complexity index is 260. The van der Waals surface area contributed by atoms with Crippen LogP contribution in [0.15, 0.2) is 0 Å². The van der Waals surface area contributed by atoms with Gasteiger partial charge < -0.3 is 4.18 Å². The standard InChI is InChI=1S/C9H20O4SSi.Li.H/c1-4-15(5-2,6-3)8-7-9(10)13-14(11)12;;/h14H,4-8H2,1-3H3;;. The monoisotopic (exact) mass is 260 g/mol. The van der Waals surface area contributed by atoms with Crippen LogP contribution in [0.1, 0.15) is 27.2 Å². The molecular formula is C9H21LiO4SSi. The van der Waals surface area contributed by atoms with E-state index in [1.165, 1.54) is 0 Å². The molecule has 0 aromatic rings. The van der Waals surface area contributed by atoms with Gasteiger partial charge in [-0.15, -0.1) is 0 Å². The molecular weight excluding hydrogens is 239 g/mol. The zero-order valence-corrected chi connectivity index (χ0v) is 11.5. The molecule has 0 saturated carbocycles. The van der Waals surface area contributed by atoms with Gasteiger partial charge in [0.15, 0.2) is 0 Å². The van der Waals surface area contributed by atoms with Crippen LogP contribution in [0.5, 0.6) is 0 Å². The van der Waals surface area contributed by atoms with E-state index in [2.05, 4.69) is 25.0 Å². The Morgan fingerprint density at radius 3 is 1.88 bits per heavy atom. The second kappa shape index (κ2) is 9.28. The minimum absolute atomic E-state index is 0. The minimum atomic E-state index is -3.03. The van der Waals surface area contributed by atoms with Gasteiger partial charge in [0.1, 0.15) is 0 Å². The Hall–Kier alpha value is 0.234. The Balaban J connectivity index is 0. The molecule has 0 spiro atoms. The van der Waals surface area contributed by atoms with Crippen molar-refractivity contribution in [2.75, 3.05) is 0 Å². The molecule has 0 aromatic heterocycles. The van der Waals surface area contributed by atoms with Crippen LogP contribution in [0.3, 0.4) is 0 Å². The maximum absolute atomic E-state index is 11.1. The summed E-state index contributed by atoms with van der Waals surface area (Å²) in [5, 5.41) is 0. The van der Waals surface area contributed by atoms with Gasteiger partial charge in [0.25, 0.3) is 0 Å². The van der Waals surface area contributed by atoms with Crippen LogP contribution in [-0.4, -0.2) is 41.3 Å². The van der Waals surface area contributed by atoms with Crippen molar-refractivity contribution in [1.29, 1.82) is 0 Å². The van der Waals surface area contributed by atoms with Crippen molar-refractivity contribution in [2.45, 2.75) is 51.4 Å². The third-order valence-electron chi connectivity index (χ3n) is 3.29. The fraction of sp³-hybridized carbons (Fsp3) is 0.889. The molecule has 0 aliphatic rings. The first-order valence-corrected chi connectivity index (χ1v) is 9.27. The van der Waals surface area contributed by atoms with Crippen molar-refractivity contribution in [3.8, 4) is 0 Å². The number of carbonyl (C=O) groups excluding carboxylic acids is 1. The van der Waals surface area contributed by atoms with E-state index in [1.807, 2.05) is 0 Å². The van der Waals surface area contributed by atoms with Crippen LogP contribution in [-0.2, 0) is 20.0 Å². The molecule has 0 amide bonds. The molecule has 0 radical (unpaired) electrons. The van der Waals surface area contributed by atoms with Gasteiger partial charge >= 0.3 is 35.8 Å². The maximum atomic E-state index is 11.1.